The molecule has 3 nitrogen and oxygen atoms in total. The molecule has 0 bridgehead atoms. The van der Waals surface area contributed by atoms with Crippen molar-refractivity contribution < 1.29 is 4.79 Å². The molecule has 106 valence electrons. The van der Waals surface area contributed by atoms with Gasteiger partial charge in [-0.15, -0.1) is 11.3 Å². The van der Waals surface area contributed by atoms with Crippen LogP contribution >= 0.6 is 22.9 Å². The van der Waals surface area contributed by atoms with Gasteiger partial charge in [-0.2, -0.15) is 0 Å². The van der Waals surface area contributed by atoms with Crippen molar-refractivity contribution in [1.82, 2.24) is 5.32 Å². The van der Waals surface area contributed by atoms with Crippen LogP contribution in [0.25, 0.3) is 0 Å². The number of rotatable bonds is 5. The van der Waals surface area contributed by atoms with Gasteiger partial charge < -0.3 is 11.1 Å². The second kappa shape index (κ2) is 6.77. The van der Waals surface area contributed by atoms with Gasteiger partial charge in [0.15, 0.2) is 0 Å². The molecule has 0 aliphatic heterocycles. The van der Waals surface area contributed by atoms with Crippen LogP contribution in [0.1, 0.15) is 41.0 Å². The van der Waals surface area contributed by atoms with Crippen LogP contribution in [0.5, 0.6) is 0 Å². The SMILES string of the molecule is CCCC(NC(=O)c1ccc(Cl)cc1N)c1cccs1. The van der Waals surface area contributed by atoms with Crippen molar-refractivity contribution in [3.63, 3.8) is 0 Å². The van der Waals surface area contributed by atoms with E-state index in [0.717, 1.165) is 17.7 Å². The lowest BCUT2D eigenvalue weighted by Gasteiger charge is -2.17. The Labute approximate surface area is 127 Å². The van der Waals surface area contributed by atoms with E-state index in [-0.39, 0.29) is 11.9 Å². The van der Waals surface area contributed by atoms with Gasteiger partial charge in [0.1, 0.15) is 0 Å². The highest BCUT2D eigenvalue weighted by atomic mass is 35.5. The van der Waals surface area contributed by atoms with Crippen molar-refractivity contribution in [1.29, 1.82) is 0 Å². The van der Waals surface area contributed by atoms with Crippen LogP contribution in [0.4, 0.5) is 5.69 Å². The third kappa shape index (κ3) is 3.52. The number of hydrogen-bond donors (Lipinski definition) is 2. The van der Waals surface area contributed by atoms with Gasteiger partial charge in [0.25, 0.3) is 5.91 Å². The second-order valence-electron chi connectivity index (χ2n) is 4.56. The first-order chi connectivity index (χ1) is 9.61. The maximum Gasteiger partial charge on any atom is 0.253 e. The first-order valence-electron chi connectivity index (χ1n) is 6.51. The average Bonchev–Trinajstić information content (AvgIpc) is 2.91. The number of halogens is 1. The minimum atomic E-state index is -0.161. The molecule has 2 aromatic rings. The fraction of sp³-hybridized carbons (Fsp3) is 0.267. The Bertz CT molecular complexity index is 584. The summed E-state index contributed by atoms with van der Waals surface area (Å²) in [4.78, 5) is 13.5. The number of nitrogens with two attached hydrogens (primary N) is 1. The lowest BCUT2D eigenvalue weighted by atomic mass is 10.1. The van der Waals surface area contributed by atoms with E-state index in [2.05, 4.69) is 12.2 Å². The molecule has 0 spiro atoms. The third-order valence-electron chi connectivity index (χ3n) is 3.03. The molecule has 2 rings (SSSR count). The number of nitrogens with one attached hydrogen (secondary N) is 1. The molecular formula is C15H17ClN2OS. The van der Waals surface area contributed by atoms with Crippen molar-refractivity contribution in [3.8, 4) is 0 Å². The summed E-state index contributed by atoms with van der Waals surface area (Å²) >= 11 is 7.50. The first-order valence-corrected chi connectivity index (χ1v) is 7.77. The topological polar surface area (TPSA) is 55.1 Å². The molecule has 1 heterocycles. The summed E-state index contributed by atoms with van der Waals surface area (Å²) in [6.07, 6.45) is 1.90. The average molecular weight is 309 g/mol. The zero-order valence-corrected chi connectivity index (χ0v) is 12.8. The van der Waals surface area contributed by atoms with Crippen LogP contribution < -0.4 is 11.1 Å². The summed E-state index contributed by atoms with van der Waals surface area (Å²) in [7, 11) is 0. The van der Waals surface area contributed by atoms with Gasteiger partial charge in [-0.1, -0.05) is 31.0 Å². The Morgan fingerprint density at radius 2 is 2.25 bits per heavy atom. The normalized spacial score (nSPS) is 12.1. The monoisotopic (exact) mass is 308 g/mol. The van der Waals surface area contributed by atoms with E-state index in [4.69, 9.17) is 17.3 Å². The van der Waals surface area contributed by atoms with Crippen LogP contribution in [0.2, 0.25) is 5.02 Å². The van der Waals surface area contributed by atoms with E-state index in [1.807, 2.05) is 17.5 Å². The molecule has 20 heavy (non-hydrogen) atoms. The molecule has 0 fully saturated rings. The molecule has 0 saturated carbocycles. The lowest BCUT2D eigenvalue weighted by Crippen LogP contribution is -2.28. The predicted octanol–water partition coefficient (Wildman–Crippen LogP) is 4.25. The summed E-state index contributed by atoms with van der Waals surface area (Å²) < 4.78 is 0. The zero-order chi connectivity index (χ0) is 14.5. The van der Waals surface area contributed by atoms with Gasteiger partial charge in [0.2, 0.25) is 0 Å². The number of carbonyl (C=O) groups excluding carboxylic acids is 1. The molecule has 0 aliphatic carbocycles. The van der Waals surface area contributed by atoms with Gasteiger partial charge in [-0.25, -0.2) is 0 Å². The molecule has 0 radical (unpaired) electrons. The Kier molecular flexibility index (Phi) is 5.04. The van der Waals surface area contributed by atoms with E-state index in [0.29, 0.717) is 16.3 Å². The lowest BCUT2D eigenvalue weighted by molar-refractivity contribution is 0.0936. The number of hydrogen-bond acceptors (Lipinski definition) is 3. The largest absolute Gasteiger partial charge is 0.398 e. The van der Waals surface area contributed by atoms with Gasteiger partial charge in [0, 0.05) is 15.6 Å². The standard InChI is InChI=1S/C15H17ClN2OS/c1-2-4-13(14-5-3-8-20-14)18-15(19)11-7-6-10(16)9-12(11)17/h3,5-9,13H,2,4,17H2,1H3,(H,18,19). The first kappa shape index (κ1) is 14.9. The highest BCUT2D eigenvalue weighted by Gasteiger charge is 2.17. The van der Waals surface area contributed by atoms with Gasteiger partial charge >= 0.3 is 0 Å². The Morgan fingerprint density at radius 3 is 2.85 bits per heavy atom. The second-order valence-corrected chi connectivity index (χ2v) is 5.98. The molecule has 5 heteroatoms. The van der Waals surface area contributed by atoms with E-state index >= 15 is 0 Å². The van der Waals surface area contributed by atoms with E-state index in [1.54, 1.807) is 29.5 Å². The van der Waals surface area contributed by atoms with Crippen molar-refractivity contribution in [3.05, 3.63) is 51.2 Å². The number of thiophene rings is 1. The van der Waals surface area contributed by atoms with Gasteiger partial charge in [-0.05, 0) is 36.1 Å². The van der Waals surface area contributed by atoms with Crippen LogP contribution in [0.15, 0.2) is 35.7 Å². The number of nitrogen functional groups attached to an aromatic ring is 1. The van der Waals surface area contributed by atoms with E-state index in [1.165, 1.54) is 0 Å². The summed E-state index contributed by atoms with van der Waals surface area (Å²) in [6.45, 7) is 2.10. The highest BCUT2D eigenvalue weighted by molar-refractivity contribution is 7.10. The maximum atomic E-state index is 12.3. The number of carbonyl (C=O) groups is 1. The van der Waals surface area contributed by atoms with Crippen LogP contribution in [-0.4, -0.2) is 5.91 Å². The fourth-order valence-electron chi connectivity index (χ4n) is 2.04. The number of anilines is 1. The van der Waals surface area contributed by atoms with Crippen molar-refractivity contribution in [2.75, 3.05) is 5.73 Å². The molecule has 0 saturated heterocycles. The molecule has 0 aliphatic rings. The minimum absolute atomic E-state index is 0.0302. The van der Waals surface area contributed by atoms with Crippen LogP contribution in [0.3, 0.4) is 0 Å². The smallest absolute Gasteiger partial charge is 0.253 e. The van der Waals surface area contributed by atoms with E-state index in [9.17, 15) is 4.79 Å². The fourth-order valence-corrected chi connectivity index (χ4v) is 3.03. The van der Waals surface area contributed by atoms with Crippen LogP contribution in [0, 0.1) is 0 Å². The third-order valence-corrected chi connectivity index (χ3v) is 4.25. The minimum Gasteiger partial charge on any atom is -0.398 e. The predicted molar refractivity (Wildman–Crippen MR) is 85.3 cm³/mol. The molecule has 1 aromatic carbocycles. The maximum absolute atomic E-state index is 12.3. The summed E-state index contributed by atoms with van der Waals surface area (Å²) in [5.41, 5.74) is 6.71. The quantitative estimate of drug-likeness (QED) is 0.811. The van der Waals surface area contributed by atoms with Crippen molar-refractivity contribution >= 4 is 34.5 Å². The summed E-state index contributed by atoms with van der Waals surface area (Å²) in [6, 6.07) is 8.98. The molecule has 3 N–H and O–H groups in total. The number of amides is 1. The van der Waals surface area contributed by atoms with Gasteiger partial charge in [0.05, 0.1) is 11.6 Å². The van der Waals surface area contributed by atoms with Gasteiger partial charge in [-0.3, -0.25) is 4.79 Å². The Balaban J connectivity index is 2.16. The van der Waals surface area contributed by atoms with E-state index < -0.39 is 0 Å². The number of benzene rings is 1. The zero-order valence-electron chi connectivity index (χ0n) is 11.2. The molecule has 1 amide bonds. The Morgan fingerprint density at radius 1 is 1.45 bits per heavy atom. The molecule has 1 aromatic heterocycles. The molecule has 1 atom stereocenters. The molecule has 1 unspecified atom stereocenters. The summed E-state index contributed by atoms with van der Waals surface area (Å²) in [5.74, 6) is -0.161. The Hall–Kier alpha value is -1.52. The van der Waals surface area contributed by atoms with Crippen molar-refractivity contribution in [2.24, 2.45) is 0 Å². The van der Waals surface area contributed by atoms with Crippen LogP contribution in [-0.2, 0) is 0 Å². The summed E-state index contributed by atoms with van der Waals surface area (Å²) in [5, 5.41) is 5.59. The molecular weight excluding hydrogens is 292 g/mol. The highest BCUT2D eigenvalue weighted by Crippen LogP contribution is 2.25. The van der Waals surface area contributed by atoms with Crippen molar-refractivity contribution in [2.45, 2.75) is 25.8 Å².